The van der Waals surface area contributed by atoms with Gasteiger partial charge in [-0.3, -0.25) is 0 Å². The molecule has 1 atom stereocenters. The van der Waals surface area contributed by atoms with Gasteiger partial charge in [-0.2, -0.15) is 5.26 Å². The highest BCUT2D eigenvalue weighted by atomic mass is 32.1. The number of nitrogens with zero attached hydrogens (tertiary/aromatic N) is 5. The standard InChI is InChI=1S/C21H18N6O4S4/c1-21(2,3)31-20(30)27-11(19(28)29)4-15-24-12(7-32-15)17-26-14(9-34-17)18-25-13(8-35-18)16-23-10(5-22)6-33-16/h6-9,11H,4H2,1-3H3,(H,27,30)(H,28,29). The van der Waals surface area contributed by atoms with E-state index in [1.807, 2.05) is 16.8 Å². The van der Waals surface area contributed by atoms with Crippen LogP contribution >= 0.6 is 45.3 Å². The molecule has 0 aliphatic carbocycles. The average Bonchev–Trinajstić information content (AvgIpc) is 3.57. The van der Waals surface area contributed by atoms with E-state index in [1.54, 1.807) is 31.5 Å². The third-order valence-corrected chi connectivity index (χ3v) is 7.67. The van der Waals surface area contributed by atoms with Crippen LogP contribution in [0.4, 0.5) is 4.79 Å². The number of thiazole rings is 4. The fourth-order valence-corrected chi connectivity index (χ4v) is 6.03. The van der Waals surface area contributed by atoms with Crippen LogP contribution in [0.3, 0.4) is 0 Å². The van der Waals surface area contributed by atoms with E-state index in [2.05, 4.69) is 25.3 Å². The maximum atomic E-state index is 12.0. The summed E-state index contributed by atoms with van der Waals surface area (Å²) in [6, 6.07) is 0.844. The van der Waals surface area contributed by atoms with E-state index in [-0.39, 0.29) is 6.42 Å². The molecule has 0 saturated carbocycles. The minimum Gasteiger partial charge on any atom is -0.480 e. The van der Waals surface area contributed by atoms with Crippen molar-refractivity contribution >= 4 is 57.4 Å². The van der Waals surface area contributed by atoms with Crippen molar-refractivity contribution in [3.8, 4) is 38.2 Å². The lowest BCUT2D eigenvalue weighted by molar-refractivity contribution is -0.139. The molecular formula is C21H18N6O4S4. The molecule has 180 valence electrons. The van der Waals surface area contributed by atoms with Crippen LogP contribution in [0.2, 0.25) is 0 Å². The van der Waals surface area contributed by atoms with Crippen LogP contribution in [0, 0.1) is 11.3 Å². The van der Waals surface area contributed by atoms with E-state index in [0.29, 0.717) is 37.8 Å². The molecule has 10 nitrogen and oxygen atoms in total. The second kappa shape index (κ2) is 10.2. The molecule has 14 heteroatoms. The first-order valence-electron chi connectivity index (χ1n) is 10.1. The number of hydrogen-bond acceptors (Lipinski definition) is 12. The SMILES string of the molecule is CC(C)(C)OC(=O)NC(Cc1nc(-c2nc(-c3nc(-c4nc(C#N)cs4)cs3)cs2)cs1)C(=O)O. The van der Waals surface area contributed by atoms with Gasteiger partial charge in [0.1, 0.15) is 49.8 Å². The molecule has 4 heterocycles. The smallest absolute Gasteiger partial charge is 0.408 e. The molecule has 0 saturated heterocycles. The number of aliphatic carboxylic acids is 1. The molecule has 4 aromatic heterocycles. The number of carboxylic acid groups (broad SMARTS) is 1. The van der Waals surface area contributed by atoms with Crippen LogP contribution in [0.1, 0.15) is 31.5 Å². The van der Waals surface area contributed by atoms with Crippen LogP contribution in [0.25, 0.3) is 32.1 Å². The number of nitrogens with one attached hydrogen (secondary N) is 1. The van der Waals surface area contributed by atoms with Gasteiger partial charge in [0.15, 0.2) is 5.69 Å². The monoisotopic (exact) mass is 546 g/mol. The Morgan fingerprint density at radius 2 is 1.51 bits per heavy atom. The molecule has 0 aromatic carbocycles. The van der Waals surface area contributed by atoms with Gasteiger partial charge >= 0.3 is 12.1 Å². The second-order valence-electron chi connectivity index (χ2n) is 8.09. The minimum absolute atomic E-state index is 0.0197. The second-order valence-corrected chi connectivity index (χ2v) is 11.6. The van der Waals surface area contributed by atoms with Crippen molar-refractivity contribution in [2.75, 3.05) is 0 Å². The van der Waals surface area contributed by atoms with Crippen LogP contribution < -0.4 is 5.32 Å². The fourth-order valence-electron chi connectivity index (χ4n) is 2.75. The van der Waals surface area contributed by atoms with E-state index < -0.39 is 23.7 Å². The minimum atomic E-state index is -1.18. The molecule has 2 N–H and O–H groups in total. The summed E-state index contributed by atoms with van der Waals surface area (Å²) in [4.78, 5) is 41.6. The van der Waals surface area contributed by atoms with Crippen LogP contribution in [-0.4, -0.2) is 48.7 Å². The van der Waals surface area contributed by atoms with Gasteiger partial charge in [-0.05, 0) is 20.8 Å². The third-order valence-electron chi connectivity index (χ3n) is 4.20. The van der Waals surface area contributed by atoms with Gasteiger partial charge in [0, 0.05) is 27.9 Å². The van der Waals surface area contributed by atoms with Crippen molar-refractivity contribution in [3.63, 3.8) is 0 Å². The van der Waals surface area contributed by atoms with Gasteiger partial charge in [-0.1, -0.05) is 0 Å². The summed E-state index contributed by atoms with van der Waals surface area (Å²) in [6.45, 7) is 5.11. The number of aromatic nitrogens is 4. The number of rotatable bonds is 7. The number of carbonyl (C=O) groups excluding carboxylic acids is 1. The molecule has 0 bridgehead atoms. The van der Waals surface area contributed by atoms with Gasteiger partial charge < -0.3 is 15.2 Å². The molecule has 35 heavy (non-hydrogen) atoms. The highest BCUT2D eigenvalue weighted by Gasteiger charge is 2.25. The Labute approximate surface area is 216 Å². The quantitative estimate of drug-likeness (QED) is 0.329. The molecule has 0 radical (unpaired) electrons. The Kier molecular flexibility index (Phi) is 7.22. The molecule has 4 aromatic rings. The van der Waals surface area contributed by atoms with Crippen molar-refractivity contribution in [3.05, 3.63) is 32.2 Å². The molecule has 0 spiro atoms. The predicted octanol–water partition coefficient (Wildman–Crippen LogP) is 4.91. The van der Waals surface area contributed by atoms with E-state index in [1.165, 1.54) is 45.3 Å². The summed E-state index contributed by atoms with van der Waals surface area (Å²) in [6.07, 6.45) is -0.776. The highest BCUT2D eigenvalue weighted by Crippen LogP contribution is 2.34. The lowest BCUT2D eigenvalue weighted by Crippen LogP contribution is -2.44. The summed E-state index contributed by atoms with van der Waals surface area (Å²) in [5, 5.41) is 30.7. The number of amides is 1. The van der Waals surface area contributed by atoms with E-state index in [4.69, 9.17) is 10.00 Å². The number of carboxylic acids is 1. The summed E-state index contributed by atoms with van der Waals surface area (Å²) in [7, 11) is 0. The number of alkyl carbamates (subject to hydrolysis) is 1. The molecule has 1 unspecified atom stereocenters. The summed E-state index contributed by atoms with van der Waals surface area (Å²) in [5.74, 6) is -1.18. The zero-order valence-electron chi connectivity index (χ0n) is 18.6. The Balaban J connectivity index is 1.45. The summed E-state index contributed by atoms with van der Waals surface area (Å²) < 4.78 is 5.15. The molecule has 0 aliphatic rings. The Hall–Kier alpha value is -3.25. The summed E-state index contributed by atoms with van der Waals surface area (Å²) in [5.41, 5.74) is 1.64. The van der Waals surface area contributed by atoms with Gasteiger partial charge in [-0.15, -0.1) is 45.3 Å². The maximum Gasteiger partial charge on any atom is 0.408 e. The predicted molar refractivity (Wildman–Crippen MR) is 135 cm³/mol. The zero-order chi connectivity index (χ0) is 25.2. The number of carbonyl (C=O) groups is 2. The molecular weight excluding hydrogens is 529 g/mol. The topological polar surface area (TPSA) is 151 Å². The highest BCUT2D eigenvalue weighted by molar-refractivity contribution is 7.16. The van der Waals surface area contributed by atoms with Crippen molar-refractivity contribution in [1.29, 1.82) is 5.26 Å². The van der Waals surface area contributed by atoms with E-state index in [0.717, 1.165) is 5.01 Å². The third kappa shape index (κ3) is 6.25. The van der Waals surface area contributed by atoms with Crippen LogP contribution in [-0.2, 0) is 16.0 Å². The Bertz CT molecular complexity index is 1410. The van der Waals surface area contributed by atoms with Gasteiger partial charge in [0.2, 0.25) is 0 Å². The number of hydrogen-bond donors (Lipinski definition) is 2. The van der Waals surface area contributed by atoms with Gasteiger partial charge in [0.05, 0.1) is 5.01 Å². The Morgan fingerprint density at radius 3 is 2.06 bits per heavy atom. The molecule has 0 aliphatic heterocycles. The first kappa shape index (κ1) is 24.9. The number of ether oxygens (including phenoxy) is 1. The lowest BCUT2D eigenvalue weighted by atomic mass is 10.2. The molecule has 0 fully saturated rings. The van der Waals surface area contributed by atoms with Crippen molar-refractivity contribution in [1.82, 2.24) is 25.3 Å². The van der Waals surface area contributed by atoms with Crippen LogP contribution in [0.15, 0.2) is 21.5 Å². The summed E-state index contributed by atoms with van der Waals surface area (Å²) >= 11 is 5.49. The average molecular weight is 547 g/mol. The first-order chi connectivity index (χ1) is 16.6. The van der Waals surface area contributed by atoms with Gasteiger partial charge in [0.25, 0.3) is 0 Å². The van der Waals surface area contributed by atoms with Crippen LogP contribution in [0.5, 0.6) is 0 Å². The largest absolute Gasteiger partial charge is 0.480 e. The van der Waals surface area contributed by atoms with Crippen molar-refractivity contribution in [2.24, 2.45) is 0 Å². The van der Waals surface area contributed by atoms with E-state index in [9.17, 15) is 14.7 Å². The van der Waals surface area contributed by atoms with Crippen molar-refractivity contribution in [2.45, 2.75) is 38.8 Å². The van der Waals surface area contributed by atoms with E-state index >= 15 is 0 Å². The lowest BCUT2D eigenvalue weighted by Gasteiger charge is -2.21. The normalized spacial score (nSPS) is 12.2. The van der Waals surface area contributed by atoms with Crippen molar-refractivity contribution < 1.29 is 19.4 Å². The molecule has 1 amide bonds. The Morgan fingerprint density at radius 1 is 0.971 bits per heavy atom. The first-order valence-corrected chi connectivity index (χ1v) is 13.6. The van der Waals surface area contributed by atoms with Gasteiger partial charge in [-0.25, -0.2) is 29.5 Å². The zero-order valence-corrected chi connectivity index (χ0v) is 21.9. The molecule has 4 rings (SSSR count). The number of nitriles is 1. The maximum absolute atomic E-state index is 12.0. The fraction of sp³-hybridized carbons (Fsp3) is 0.286.